The molecule has 2 rings (SSSR count). The second-order valence-corrected chi connectivity index (χ2v) is 4.21. The van der Waals surface area contributed by atoms with Gasteiger partial charge in [-0.25, -0.2) is 0 Å². The molecule has 0 unspecified atom stereocenters. The number of nitrogens with two attached hydrogens (primary N) is 1. The topological polar surface area (TPSA) is 59.0 Å². The number of ether oxygens (including phenoxy) is 1. The van der Waals surface area contributed by atoms with E-state index in [4.69, 9.17) is 27.3 Å². The molecule has 90 valence electrons. The number of nitriles is 1. The fraction of sp³-hybridized carbons (Fsp3) is 0.0714. The van der Waals surface area contributed by atoms with Crippen LogP contribution in [0.5, 0.6) is 11.5 Å². The summed E-state index contributed by atoms with van der Waals surface area (Å²) in [5, 5.41) is 9.58. The summed E-state index contributed by atoms with van der Waals surface area (Å²) in [5.74, 6) is 0.960. The zero-order valence-electron chi connectivity index (χ0n) is 9.77. The molecule has 0 saturated heterocycles. The number of benzene rings is 2. The predicted molar refractivity (Wildman–Crippen MR) is 71.8 cm³/mol. The lowest BCUT2D eigenvalue weighted by Crippen LogP contribution is -1.96. The molecule has 0 amide bonds. The number of para-hydroxylation sites is 1. The quantitative estimate of drug-likeness (QED) is 0.831. The van der Waals surface area contributed by atoms with Crippen LogP contribution in [0.2, 0.25) is 5.02 Å². The lowest BCUT2D eigenvalue weighted by atomic mass is 10.2. The average Bonchev–Trinajstić information content (AvgIpc) is 2.39. The molecular weight excluding hydrogens is 248 g/mol. The molecule has 4 heteroatoms. The highest BCUT2D eigenvalue weighted by Gasteiger charge is 2.11. The molecule has 2 aromatic carbocycles. The monoisotopic (exact) mass is 258 g/mol. The summed E-state index contributed by atoms with van der Waals surface area (Å²) in [6, 6.07) is 12.5. The highest BCUT2D eigenvalue weighted by molar-refractivity contribution is 6.31. The fourth-order valence-corrected chi connectivity index (χ4v) is 1.73. The largest absolute Gasteiger partial charge is 0.453 e. The van der Waals surface area contributed by atoms with Gasteiger partial charge in [-0.2, -0.15) is 5.26 Å². The maximum absolute atomic E-state index is 9.00. The first-order valence-electron chi connectivity index (χ1n) is 5.35. The Morgan fingerprint density at radius 2 is 1.94 bits per heavy atom. The van der Waals surface area contributed by atoms with Crippen molar-refractivity contribution in [3.05, 3.63) is 52.5 Å². The summed E-state index contributed by atoms with van der Waals surface area (Å²) in [5.41, 5.74) is 7.56. The Morgan fingerprint density at radius 1 is 1.22 bits per heavy atom. The van der Waals surface area contributed by atoms with Crippen LogP contribution in [-0.4, -0.2) is 0 Å². The third-order valence-corrected chi connectivity index (χ3v) is 3.00. The third-order valence-electron chi connectivity index (χ3n) is 2.59. The van der Waals surface area contributed by atoms with Crippen LogP contribution in [0.3, 0.4) is 0 Å². The molecule has 0 spiro atoms. The Labute approximate surface area is 110 Å². The number of nitrogens with zero attached hydrogens (tertiary/aromatic N) is 1. The summed E-state index contributed by atoms with van der Waals surface area (Å²) in [6.45, 7) is 1.82. The van der Waals surface area contributed by atoms with Crippen molar-refractivity contribution in [1.29, 1.82) is 5.26 Å². The Morgan fingerprint density at radius 3 is 2.67 bits per heavy atom. The van der Waals surface area contributed by atoms with Gasteiger partial charge < -0.3 is 10.5 Å². The fourth-order valence-electron chi connectivity index (χ4n) is 1.58. The van der Waals surface area contributed by atoms with Crippen molar-refractivity contribution in [2.45, 2.75) is 6.92 Å². The summed E-state index contributed by atoms with van der Waals surface area (Å²) >= 11 is 6.03. The molecule has 0 saturated carbocycles. The second-order valence-electron chi connectivity index (χ2n) is 3.80. The van der Waals surface area contributed by atoms with Gasteiger partial charge in [-0.05, 0) is 31.2 Å². The first kappa shape index (κ1) is 12.3. The number of hydrogen-bond donors (Lipinski definition) is 1. The second kappa shape index (κ2) is 4.99. The van der Waals surface area contributed by atoms with Crippen LogP contribution in [0.4, 0.5) is 5.69 Å². The summed E-state index contributed by atoms with van der Waals surface area (Å²) < 4.78 is 5.71. The Kier molecular flexibility index (Phi) is 3.40. The van der Waals surface area contributed by atoms with Gasteiger partial charge >= 0.3 is 0 Å². The molecule has 18 heavy (non-hydrogen) atoms. The van der Waals surface area contributed by atoms with Crippen LogP contribution in [0.1, 0.15) is 11.1 Å². The number of halogens is 1. The van der Waals surface area contributed by atoms with Gasteiger partial charge in [0.25, 0.3) is 0 Å². The van der Waals surface area contributed by atoms with Crippen molar-refractivity contribution in [2.75, 3.05) is 5.73 Å². The van der Waals surface area contributed by atoms with Crippen molar-refractivity contribution in [3.63, 3.8) is 0 Å². The molecule has 0 aromatic heterocycles. The van der Waals surface area contributed by atoms with Crippen LogP contribution in [0, 0.1) is 18.3 Å². The zero-order chi connectivity index (χ0) is 13.1. The number of rotatable bonds is 2. The van der Waals surface area contributed by atoms with Gasteiger partial charge in [-0.3, -0.25) is 0 Å². The Hall–Kier alpha value is -2.18. The molecule has 0 aliphatic carbocycles. The summed E-state index contributed by atoms with van der Waals surface area (Å²) in [7, 11) is 0. The van der Waals surface area contributed by atoms with E-state index in [-0.39, 0.29) is 0 Å². The van der Waals surface area contributed by atoms with E-state index in [0.29, 0.717) is 27.8 Å². The van der Waals surface area contributed by atoms with Gasteiger partial charge in [-0.15, -0.1) is 0 Å². The van der Waals surface area contributed by atoms with Gasteiger partial charge in [0.05, 0.1) is 11.3 Å². The zero-order valence-corrected chi connectivity index (χ0v) is 10.5. The van der Waals surface area contributed by atoms with Gasteiger partial charge in [0.2, 0.25) is 0 Å². The molecular formula is C14H11ClN2O. The highest BCUT2D eigenvalue weighted by atomic mass is 35.5. The lowest BCUT2D eigenvalue weighted by molar-refractivity contribution is 0.480. The molecule has 3 nitrogen and oxygen atoms in total. The Balaban J connectivity index is 2.47. The van der Waals surface area contributed by atoms with Crippen LogP contribution in [-0.2, 0) is 0 Å². The normalized spacial score (nSPS) is 9.83. The molecule has 0 heterocycles. The predicted octanol–water partition coefficient (Wildman–Crippen LogP) is 3.89. The molecule has 0 aliphatic heterocycles. The standard InChI is InChI=1S/C14H11ClN2O/c1-9-11(15)6-7-12(17)14(9)18-13-5-3-2-4-10(13)8-16/h2-7H,17H2,1H3. The minimum Gasteiger partial charge on any atom is -0.453 e. The van der Waals surface area contributed by atoms with Crippen molar-refractivity contribution in [3.8, 4) is 17.6 Å². The number of nitrogen functional groups attached to an aromatic ring is 1. The van der Waals surface area contributed by atoms with E-state index in [9.17, 15) is 0 Å². The molecule has 2 aromatic rings. The lowest BCUT2D eigenvalue weighted by Gasteiger charge is -2.13. The van der Waals surface area contributed by atoms with Crippen LogP contribution in [0.15, 0.2) is 36.4 Å². The maximum Gasteiger partial charge on any atom is 0.154 e. The average molecular weight is 259 g/mol. The minimum atomic E-state index is 0.455. The van der Waals surface area contributed by atoms with E-state index >= 15 is 0 Å². The Bertz CT molecular complexity index is 632. The van der Waals surface area contributed by atoms with E-state index in [1.807, 2.05) is 6.92 Å². The van der Waals surface area contributed by atoms with E-state index in [2.05, 4.69) is 6.07 Å². The van der Waals surface area contributed by atoms with Crippen LogP contribution < -0.4 is 10.5 Å². The molecule has 0 aliphatic rings. The first-order chi connectivity index (χ1) is 8.63. The minimum absolute atomic E-state index is 0.455. The van der Waals surface area contributed by atoms with Crippen molar-refractivity contribution in [1.82, 2.24) is 0 Å². The SMILES string of the molecule is Cc1c(Cl)ccc(N)c1Oc1ccccc1C#N. The smallest absolute Gasteiger partial charge is 0.154 e. The van der Waals surface area contributed by atoms with Crippen molar-refractivity contribution in [2.24, 2.45) is 0 Å². The molecule has 0 atom stereocenters. The molecule has 0 fully saturated rings. The van der Waals surface area contributed by atoms with Gasteiger partial charge in [0.1, 0.15) is 11.8 Å². The third kappa shape index (κ3) is 2.24. The van der Waals surface area contributed by atoms with E-state index < -0.39 is 0 Å². The molecule has 2 N–H and O–H groups in total. The van der Waals surface area contributed by atoms with Gasteiger partial charge in [-0.1, -0.05) is 23.7 Å². The first-order valence-corrected chi connectivity index (χ1v) is 5.73. The van der Waals surface area contributed by atoms with Crippen LogP contribution in [0.25, 0.3) is 0 Å². The van der Waals surface area contributed by atoms with Crippen LogP contribution >= 0.6 is 11.6 Å². The van der Waals surface area contributed by atoms with Crippen molar-refractivity contribution >= 4 is 17.3 Å². The van der Waals surface area contributed by atoms with E-state index in [1.54, 1.807) is 36.4 Å². The van der Waals surface area contributed by atoms with E-state index in [1.165, 1.54) is 0 Å². The number of anilines is 1. The maximum atomic E-state index is 9.00. The van der Waals surface area contributed by atoms with Gasteiger partial charge in [0, 0.05) is 10.6 Å². The molecule has 0 bridgehead atoms. The molecule has 0 radical (unpaired) electrons. The number of hydrogen-bond acceptors (Lipinski definition) is 3. The van der Waals surface area contributed by atoms with Crippen molar-refractivity contribution < 1.29 is 4.74 Å². The summed E-state index contributed by atoms with van der Waals surface area (Å²) in [4.78, 5) is 0. The highest BCUT2D eigenvalue weighted by Crippen LogP contribution is 2.35. The summed E-state index contributed by atoms with van der Waals surface area (Å²) in [6.07, 6.45) is 0. The van der Waals surface area contributed by atoms with Gasteiger partial charge in [0.15, 0.2) is 5.75 Å². The van der Waals surface area contributed by atoms with E-state index in [0.717, 1.165) is 5.56 Å².